The van der Waals surface area contributed by atoms with Crippen LogP contribution < -0.4 is 10.2 Å². The first-order chi connectivity index (χ1) is 10.7. The number of halogens is 1. The van der Waals surface area contributed by atoms with Crippen LogP contribution in [0.3, 0.4) is 0 Å². The van der Waals surface area contributed by atoms with Crippen molar-refractivity contribution in [3.63, 3.8) is 0 Å². The van der Waals surface area contributed by atoms with Crippen molar-refractivity contribution < 1.29 is 4.39 Å². The minimum atomic E-state index is -0.387. The smallest absolute Gasteiger partial charge is 0.223 e. The van der Waals surface area contributed by atoms with Gasteiger partial charge in [-0.15, -0.1) is 0 Å². The topological polar surface area (TPSA) is 64.8 Å². The minimum absolute atomic E-state index is 0.207. The fourth-order valence-electron chi connectivity index (χ4n) is 2.67. The molecule has 1 saturated heterocycles. The number of benzene rings is 1. The lowest BCUT2D eigenvalue weighted by atomic mass is 10.1. The standard InChI is InChI=1S/C16H16FN5/c1-11-4-6-19-16(20-11)21-14-5-7-22(10-14)15-3-2-13(17)8-12(15)9-18/h2-4,6,8,14H,5,7,10H2,1H3,(H,19,20,21). The molecule has 112 valence electrons. The minimum Gasteiger partial charge on any atom is -0.368 e. The first-order valence-corrected chi connectivity index (χ1v) is 7.16. The van der Waals surface area contributed by atoms with Crippen LogP contribution in [0.4, 0.5) is 16.0 Å². The molecule has 1 aromatic heterocycles. The van der Waals surface area contributed by atoms with Crippen LogP contribution in [-0.4, -0.2) is 29.1 Å². The van der Waals surface area contributed by atoms with E-state index in [1.165, 1.54) is 12.1 Å². The summed E-state index contributed by atoms with van der Waals surface area (Å²) in [5, 5.41) is 12.5. The molecule has 0 amide bonds. The van der Waals surface area contributed by atoms with Gasteiger partial charge in [0, 0.05) is 31.0 Å². The second kappa shape index (κ2) is 5.98. The van der Waals surface area contributed by atoms with Crippen LogP contribution in [0.5, 0.6) is 0 Å². The maximum atomic E-state index is 13.2. The number of nitrogens with zero attached hydrogens (tertiary/aromatic N) is 4. The molecule has 1 fully saturated rings. The molecule has 1 N–H and O–H groups in total. The number of nitrogens with one attached hydrogen (secondary N) is 1. The molecule has 1 aliphatic heterocycles. The Morgan fingerprint density at radius 3 is 3.05 bits per heavy atom. The Hall–Kier alpha value is -2.68. The van der Waals surface area contributed by atoms with Crippen LogP contribution in [-0.2, 0) is 0 Å². The van der Waals surface area contributed by atoms with E-state index in [-0.39, 0.29) is 11.9 Å². The predicted molar refractivity (Wildman–Crippen MR) is 82.1 cm³/mol. The van der Waals surface area contributed by atoms with Crippen molar-refractivity contribution in [2.45, 2.75) is 19.4 Å². The zero-order valence-corrected chi connectivity index (χ0v) is 12.3. The van der Waals surface area contributed by atoms with Crippen molar-refractivity contribution in [2.24, 2.45) is 0 Å². The van der Waals surface area contributed by atoms with Gasteiger partial charge in [-0.1, -0.05) is 0 Å². The number of anilines is 2. The average Bonchev–Trinajstić information content (AvgIpc) is 2.95. The van der Waals surface area contributed by atoms with E-state index in [2.05, 4.69) is 26.3 Å². The van der Waals surface area contributed by atoms with E-state index in [4.69, 9.17) is 5.26 Å². The second-order valence-corrected chi connectivity index (χ2v) is 5.37. The monoisotopic (exact) mass is 297 g/mol. The molecule has 2 heterocycles. The van der Waals surface area contributed by atoms with E-state index in [1.54, 1.807) is 12.3 Å². The molecular weight excluding hydrogens is 281 g/mol. The van der Waals surface area contributed by atoms with Crippen LogP contribution in [0.25, 0.3) is 0 Å². The van der Waals surface area contributed by atoms with Crippen molar-refractivity contribution >= 4 is 11.6 Å². The molecule has 5 nitrogen and oxygen atoms in total. The lowest BCUT2D eigenvalue weighted by Gasteiger charge is -2.20. The highest BCUT2D eigenvalue weighted by Gasteiger charge is 2.25. The lowest BCUT2D eigenvalue weighted by molar-refractivity contribution is 0.627. The molecule has 0 radical (unpaired) electrons. The molecule has 1 aromatic carbocycles. The molecule has 0 bridgehead atoms. The summed E-state index contributed by atoms with van der Waals surface area (Å²) in [4.78, 5) is 10.6. The SMILES string of the molecule is Cc1ccnc(NC2CCN(c3ccc(F)cc3C#N)C2)n1. The molecule has 2 aromatic rings. The fraction of sp³-hybridized carbons (Fsp3) is 0.312. The maximum Gasteiger partial charge on any atom is 0.223 e. The Bertz CT molecular complexity index is 725. The highest BCUT2D eigenvalue weighted by atomic mass is 19.1. The molecule has 6 heteroatoms. The largest absolute Gasteiger partial charge is 0.368 e. The Kier molecular flexibility index (Phi) is 3.88. The van der Waals surface area contributed by atoms with Gasteiger partial charge in [0.15, 0.2) is 0 Å². The molecule has 22 heavy (non-hydrogen) atoms. The zero-order valence-electron chi connectivity index (χ0n) is 12.3. The van der Waals surface area contributed by atoms with E-state index in [0.29, 0.717) is 11.5 Å². The lowest BCUT2D eigenvalue weighted by Crippen LogP contribution is -2.27. The summed E-state index contributed by atoms with van der Waals surface area (Å²) in [5.41, 5.74) is 2.06. The molecule has 0 aliphatic carbocycles. The Balaban J connectivity index is 1.71. The average molecular weight is 297 g/mol. The predicted octanol–water partition coefficient (Wildman–Crippen LogP) is 2.49. The number of aryl methyl sites for hydroxylation is 1. The molecule has 1 unspecified atom stereocenters. The number of rotatable bonds is 3. The van der Waals surface area contributed by atoms with Crippen molar-refractivity contribution in [1.82, 2.24) is 9.97 Å². The third kappa shape index (κ3) is 2.98. The van der Waals surface area contributed by atoms with Crippen molar-refractivity contribution in [3.8, 4) is 6.07 Å². The van der Waals surface area contributed by atoms with Crippen molar-refractivity contribution in [2.75, 3.05) is 23.3 Å². The van der Waals surface area contributed by atoms with E-state index in [9.17, 15) is 4.39 Å². The third-order valence-corrected chi connectivity index (χ3v) is 3.74. The Labute approximate surface area is 128 Å². The molecule has 0 saturated carbocycles. The summed E-state index contributed by atoms with van der Waals surface area (Å²) < 4.78 is 13.2. The summed E-state index contributed by atoms with van der Waals surface area (Å²) in [7, 11) is 0. The van der Waals surface area contributed by atoms with Gasteiger partial charge in [0.1, 0.15) is 11.9 Å². The van der Waals surface area contributed by atoms with E-state index in [1.807, 2.05) is 13.0 Å². The number of hydrogen-bond donors (Lipinski definition) is 1. The normalized spacial score (nSPS) is 17.3. The second-order valence-electron chi connectivity index (χ2n) is 5.37. The highest BCUT2D eigenvalue weighted by molar-refractivity contribution is 5.60. The summed E-state index contributed by atoms with van der Waals surface area (Å²) in [5.74, 6) is 0.230. The number of aromatic nitrogens is 2. The fourth-order valence-corrected chi connectivity index (χ4v) is 2.67. The van der Waals surface area contributed by atoms with Gasteiger partial charge in [0.25, 0.3) is 0 Å². The highest BCUT2D eigenvalue weighted by Crippen LogP contribution is 2.25. The van der Waals surface area contributed by atoms with Gasteiger partial charge in [-0.05, 0) is 37.6 Å². The molecular formula is C16H16FN5. The summed E-state index contributed by atoms with van der Waals surface area (Å²) in [6.07, 6.45) is 2.64. The molecule has 1 atom stereocenters. The van der Waals surface area contributed by atoms with Crippen molar-refractivity contribution in [1.29, 1.82) is 5.26 Å². The van der Waals surface area contributed by atoms with Gasteiger partial charge < -0.3 is 10.2 Å². The van der Waals surface area contributed by atoms with E-state index < -0.39 is 0 Å². The van der Waals surface area contributed by atoms with Gasteiger partial charge in [0.2, 0.25) is 5.95 Å². The summed E-state index contributed by atoms with van der Waals surface area (Å²) in [6.45, 7) is 3.47. The third-order valence-electron chi connectivity index (χ3n) is 3.74. The maximum absolute atomic E-state index is 13.2. The first-order valence-electron chi connectivity index (χ1n) is 7.16. The number of hydrogen-bond acceptors (Lipinski definition) is 5. The quantitative estimate of drug-likeness (QED) is 0.943. The van der Waals surface area contributed by atoms with E-state index in [0.717, 1.165) is 30.9 Å². The molecule has 1 aliphatic rings. The Morgan fingerprint density at radius 2 is 2.27 bits per heavy atom. The van der Waals surface area contributed by atoms with Gasteiger partial charge in [-0.2, -0.15) is 5.26 Å². The van der Waals surface area contributed by atoms with Crippen LogP contribution in [0.2, 0.25) is 0 Å². The summed E-state index contributed by atoms with van der Waals surface area (Å²) in [6, 6.07) is 8.45. The van der Waals surface area contributed by atoms with Crippen LogP contribution in [0.1, 0.15) is 17.7 Å². The van der Waals surface area contributed by atoms with Gasteiger partial charge in [-0.25, -0.2) is 14.4 Å². The van der Waals surface area contributed by atoms with Gasteiger partial charge in [-0.3, -0.25) is 0 Å². The zero-order chi connectivity index (χ0) is 15.5. The van der Waals surface area contributed by atoms with Gasteiger partial charge in [0.05, 0.1) is 11.3 Å². The molecule has 3 rings (SSSR count). The van der Waals surface area contributed by atoms with Crippen LogP contribution in [0, 0.1) is 24.1 Å². The van der Waals surface area contributed by atoms with Gasteiger partial charge >= 0.3 is 0 Å². The molecule has 0 spiro atoms. The first kappa shape index (κ1) is 14.3. The van der Waals surface area contributed by atoms with Crippen LogP contribution in [0.15, 0.2) is 30.5 Å². The Morgan fingerprint density at radius 1 is 1.41 bits per heavy atom. The summed E-state index contributed by atoms with van der Waals surface area (Å²) >= 11 is 0. The number of nitriles is 1. The van der Waals surface area contributed by atoms with E-state index >= 15 is 0 Å². The van der Waals surface area contributed by atoms with Crippen LogP contribution >= 0.6 is 0 Å². The van der Waals surface area contributed by atoms with Crippen molar-refractivity contribution in [3.05, 3.63) is 47.5 Å².